The smallest absolute Gasteiger partial charge is 0.123 e. The van der Waals surface area contributed by atoms with Crippen LogP contribution in [0, 0.1) is 11.2 Å². The first-order valence-corrected chi connectivity index (χ1v) is 9.22. The molecule has 1 heterocycles. The molecule has 1 aromatic carbocycles. The van der Waals surface area contributed by atoms with E-state index in [2.05, 4.69) is 18.1 Å². The van der Waals surface area contributed by atoms with E-state index < -0.39 is 5.60 Å². The molecule has 0 bridgehead atoms. The lowest BCUT2D eigenvalue weighted by atomic mass is 9.66. The van der Waals surface area contributed by atoms with E-state index in [0.29, 0.717) is 6.61 Å². The molecule has 138 valence electrons. The molecular weight excluding hydrogens is 331 g/mol. The summed E-state index contributed by atoms with van der Waals surface area (Å²) in [6, 6.07) is 6.39. The molecule has 0 amide bonds. The van der Waals surface area contributed by atoms with Crippen molar-refractivity contribution in [3.8, 4) is 5.69 Å². The van der Waals surface area contributed by atoms with Crippen LogP contribution >= 0.6 is 0 Å². The molecule has 0 aliphatic heterocycles. The average molecular weight is 356 g/mol. The Bertz CT molecular complexity index is 842. The summed E-state index contributed by atoms with van der Waals surface area (Å²) < 4.78 is 20.3. The Balaban J connectivity index is 1.68. The van der Waals surface area contributed by atoms with Crippen molar-refractivity contribution in [2.24, 2.45) is 5.41 Å². The Hall–Kier alpha value is -1.98. The van der Waals surface area contributed by atoms with Crippen LogP contribution in [0.4, 0.5) is 4.39 Å². The Morgan fingerprint density at radius 1 is 1.31 bits per heavy atom. The first kappa shape index (κ1) is 17.4. The minimum absolute atomic E-state index is 0.252. The molecule has 2 aliphatic rings. The van der Waals surface area contributed by atoms with Crippen LogP contribution in [-0.4, -0.2) is 34.2 Å². The zero-order valence-corrected chi connectivity index (χ0v) is 15.3. The summed E-state index contributed by atoms with van der Waals surface area (Å²) in [6.45, 7) is 2.85. The van der Waals surface area contributed by atoms with Crippen molar-refractivity contribution in [1.82, 2.24) is 9.78 Å². The van der Waals surface area contributed by atoms with Crippen LogP contribution < -0.4 is 0 Å². The van der Waals surface area contributed by atoms with Gasteiger partial charge in [-0.25, -0.2) is 9.07 Å². The van der Waals surface area contributed by atoms with E-state index in [-0.39, 0.29) is 11.2 Å². The highest BCUT2D eigenvalue weighted by Crippen LogP contribution is 2.56. The number of methoxy groups -OCH3 is 1. The second-order valence-electron chi connectivity index (χ2n) is 7.75. The van der Waals surface area contributed by atoms with Gasteiger partial charge in [-0.3, -0.25) is 0 Å². The highest BCUT2D eigenvalue weighted by Gasteiger charge is 2.54. The van der Waals surface area contributed by atoms with Crippen LogP contribution in [0.1, 0.15) is 43.9 Å². The number of nitrogens with zero attached hydrogens (tertiary/aromatic N) is 2. The molecule has 26 heavy (non-hydrogen) atoms. The van der Waals surface area contributed by atoms with E-state index in [1.165, 1.54) is 17.7 Å². The van der Waals surface area contributed by atoms with E-state index in [0.717, 1.165) is 49.0 Å². The highest BCUT2D eigenvalue weighted by molar-refractivity contribution is 5.62. The summed E-state index contributed by atoms with van der Waals surface area (Å²) in [5, 5.41) is 15.9. The summed E-state index contributed by atoms with van der Waals surface area (Å²) in [5.41, 5.74) is 3.35. The van der Waals surface area contributed by atoms with Gasteiger partial charge in [0.2, 0.25) is 0 Å². The minimum atomic E-state index is -0.701. The highest BCUT2D eigenvalue weighted by atomic mass is 19.1. The Morgan fingerprint density at radius 3 is 2.81 bits per heavy atom. The maximum Gasteiger partial charge on any atom is 0.123 e. The molecule has 4 rings (SSSR count). The van der Waals surface area contributed by atoms with Crippen molar-refractivity contribution in [3.63, 3.8) is 0 Å². The first-order chi connectivity index (χ1) is 12.5. The van der Waals surface area contributed by atoms with Crippen LogP contribution in [0.25, 0.3) is 11.8 Å². The van der Waals surface area contributed by atoms with Crippen LogP contribution in [0.3, 0.4) is 0 Å². The van der Waals surface area contributed by atoms with Crippen molar-refractivity contribution < 1.29 is 14.2 Å². The van der Waals surface area contributed by atoms with Gasteiger partial charge in [-0.1, -0.05) is 12.5 Å². The Labute approximate surface area is 153 Å². The van der Waals surface area contributed by atoms with Gasteiger partial charge in [0.1, 0.15) is 5.82 Å². The van der Waals surface area contributed by atoms with Gasteiger partial charge in [0.25, 0.3) is 0 Å². The molecule has 0 radical (unpaired) electrons. The number of aromatic nitrogens is 2. The fourth-order valence-electron chi connectivity index (χ4n) is 4.63. The Morgan fingerprint density at radius 2 is 2.08 bits per heavy atom. The summed E-state index contributed by atoms with van der Waals surface area (Å²) in [5.74, 6) is -0.252. The molecule has 0 spiro atoms. The zero-order valence-electron chi connectivity index (χ0n) is 15.3. The second kappa shape index (κ2) is 6.32. The van der Waals surface area contributed by atoms with E-state index in [1.807, 2.05) is 10.9 Å². The molecular formula is C21H25FN2O2. The van der Waals surface area contributed by atoms with Gasteiger partial charge >= 0.3 is 0 Å². The van der Waals surface area contributed by atoms with Gasteiger partial charge < -0.3 is 9.84 Å². The van der Waals surface area contributed by atoms with Gasteiger partial charge in [-0.15, -0.1) is 0 Å². The average Bonchev–Trinajstić information content (AvgIpc) is 3.13. The molecule has 4 nitrogen and oxygen atoms in total. The normalized spacial score (nSPS) is 27.2. The molecule has 5 heteroatoms. The maximum atomic E-state index is 13.2. The summed E-state index contributed by atoms with van der Waals surface area (Å²) in [6.07, 6.45) is 8.13. The fourth-order valence-corrected chi connectivity index (χ4v) is 4.63. The van der Waals surface area contributed by atoms with Crippen LogP contribution in [0.15, 0.2) is 36.0 Å². The third-order valence-corrected chi connectivity index (χ3v) is 6.29. The first-order valence-electron chi connectivity index (χ1n) is 9.22. The van der Waals surface area contributed by atoms with Crippen molar-refractivity contribution >= 4 is 6.08 Å². The topological polar surface area (TPSA) is 47.3 Å². The molecule has 0 saturated heterocycles. The predicted octanol–water partition coefficient (Wildman–Crippen LogP) is 3.91. The third-order valence-electron chi connectivity index (χ3n) is 6.29. The molecule has 2 atom stereocenters. The maximum absolute atomic E-state index is 13.2. The summed E-state index contributed by atoms with van der Waals surface area (Å²) >= 11 is 0. The zero-order chi connectivity index (χ0) is 18.4. The number of aliphatic hydroxyl groups is 1. The molecule has 1 saturated carbocycles. The van der Waals surface area contributed by atoms with Crippen molar-refractivity contribution in [3.05, 3.63) is 53.1 Å². The lowest BCUT2D eigenvalue weighted by Crippen LogP contribution is -2.45. The van der Waals surface area contributed by atoms with Gasteiger partial charge in [-0.05, 0) is 68.0 Å². The van der Waals surface area contributed by atoms with Crippen molar-refractivity contribution in [2.75, 3.05) is 13.7 Å². The Kier molecular flexibility index (Phi) is 4.24. The SMILES string of the molecule is COCCC[C@]1(O)CCC2=Cc3c(cnn3-c3ccc(F)cc3)C[C@@]21C. The lowest BCUT2D eigenvalue weighted by molar-refractivity contribution is -0.0512. The van der Waals surface area contributed by atoms with Gasteiger partial charge in [0.15, 0.2) is 0 Å². The van der Waals surface area contributed by atoms with E-state index >= 15 is 0 Å². The van der Waals surface area contributed by atoms with Gasteiger partial charge in [-0.2, -0.15) is 5.10 Å². The number of rotatable bonds is 5. The molecule has 1 fully saturated rings. The molecule has 0 unspecified atom stereocenters. The van der Waals surface area contributed by atoms with Crippen LogP contribution in [0.5, 0.6) is 0 Å². The fraction of sp³-hybridized carbons (Fsp3) is 0.476. The number of benzene rings is 1. The van der Waals surface area contributed by atoms with Crippen LogP contribution in [-0.2, 0) is 11.2 Å². The number of hydrogen-bond acceptors (Lipinski definition) is 3. The predicted molar refractivity (Wildman–Crippen MR) is 98.6 cm³/mol. The van der Waals surface area contributed by atoms with E-state index in [1.54, 1.807) is 19.2 Å². The largest absolute Gasteiger partial charge is 0.389 e. The third kappa shape index (κ3) is 2.61. The minimum Gasteiger partial charge on any atom is -0.389 e. The standard InChI is InChI=1S/C21H25FN2O2/c1-20-13-15-14-23-24(18-6-4-17(22)5-7-18)19(15)12-16(20)8-10-21(20,25)9-3-11-26-2/h4-7,12,14,25H,3,8-11,13H2,1-2H3/t20-,21-/m0/s1. The lowest BCUT2D eigenvalue weighted by Gasteiger charge is -2.42. The second-order valence-corrected chi connectivity index (χ2v) is 7.75. The number of ether oxygens (including phenoxy) is 1. The van der Waals surface area contributed by atoms with Gasteiger partial charge in [0, 0.05) is 19.1 Å². The molecule has 1 N–H and O–H groups in total. The number of fused-ring (bicyclic) bond motifs is 2. The van der Waals surface area contributed by atoms with Crippen molar-refractivity contribution in [1.29, 1.82) is 0 Å². The van der Waals surface area contributed by atoms with Gasteiger partial charge in [0.05, 0.1) is 23.2 Å². The molecule has 1 aromatic heterocycles. The quantitative estimate of drug-likeness (QED) is 0.827. The van der Waals surface area contributed by atoms with Crippen LogP contribution in [0.2, 0.25) is 0 Å². The molecule has 2 aromatic rings. The summed E-state index contributed by atoms with van der Waals surface area (Å²) in [7, 11) is 1.70. The van der Waals surface area contributed by atoms with E-state index in [9.17, 15) is 9.50 Å². The van der Waals surface area contributed by atoms with E-state index in [4.69, 9.17) is 4.74 Å². The number of hydrogen-bond donors (Lipinski definition) is 1. The summed E-state index contributed by atoms with van der Waals surface area (Å²) in [4.78, 5) is 0. The number of halogens is 1. The van der Waals surface area contributed by atoms with Crippen molar-refractivity contribution in [2.45, 2.75) is 44.6 Å². The molecule has 2 aliphatic carbocycles. The monoisotopic (exact) mass is 356 g/mol.